The molecular weight excluding hydrogens is 399 g/mol. The average Bonchev–Trinajstić information content (AvgIpc) is 3.06. The third kappa shape index (κ3) is 6.33. The van der Waals surface area contributed by atoms with E-state index in [-0.39, 0.29) is 18.0 Å². The topological polar surface area (TPSA) is 80.9 Å². The molecule has 2 heterocycles. The molecule has 3 rings (SSSR count). The number of halogens is 1. The number of aliphatic hydroxyl groups excluding tert-OH is 1. The van der Waals surface area contributed by atoms with Crippen LogP contribution in [-0.4, -0.2) is 40.0 Å². The van der Waals surface area contributed by atoms with Crippen molar-refractivity contribution in [2.75, 3.05) is 20.3 Å². The number of allylic oxidation sites excluding steroid dienone is 4. The van der Waals surface area contributed by atoms with E-state index >= 15 is 0 Å². The summed E-state index contributed by atoms with van der Waals surface area (Å²) < 4.78 is 28.0. The Bertz CT molecular complexity index is 974. The largest absolute Gasteiger partial charge is 0.492 e. The molecule has 1 aliphatic rings. The number of likely N-dealkylation sites (N-methyl/N-ethyl adjacent to an activating group) is 1. The van der Waals surface area contributed by atoms with Gasteiger partial charge in [0.05, 0.1) is 12.8 Å². The van der Waals surface area contributed by atoms with Crippen molar-refractivity contribution in [3.8, 4) is 24.5 Å². The minimum atomic E-state index is -0.333. The number of hydrogen-bond donors (Lipinski definition) is 2. The van der Waals surface area contributed by atoms with E-state index in [1.807, 2.05) is 33.8 Å². The fraction of sp³-hybridized carbons (Fsp3) is 0.391. The maximum absolute atomic E-state index is 14.7. The minimum absolute atomic E-state index is 0.152. The molecular formula is C23H31FN4O3. The predicted molar refractivity (Wildman–Crippen MR) is 120 cm³/mol. The van der Waals surface area contributed by atoms with Crippen molar-refractivity contribution < 1.29 is 19.0 Å². The molecule has 0 aromatic carbocycles. The second-order valence-electron chi connectivity index (χ2n) is 6.43. The van der Waals surface area contributed by atoms with Gasteiger partial charge in [-0.3, -0.25) is 0 Å². The number of nitrogens with zero attached hydrogens (tertiary/aromatic N) is 3. The first kappa shape index (κ1) is 25.7. The summed E-state index contributed by atoms with van der Waals surface area (Å²) in [5, 5.41) is 14.4. The highest BCUT2D eigenvalue weighted by molar-refractivity contribution is 5.67. The van der Waals surface area contributed by atoms with Crippen LogP contribution in [0.4, 0.5) is 4.39 Å². The van der Waals surface area contributed by atoms with Gasteiger partial charge in [0, 0.05) is 31.3 Å². The highest BCUT2D eigenvalue weighted by Crippen LogP contribution is 2.32. The van der Waals surface area contributed by atoms with Crippen molar-refractivity contribution in [1.29, 1.82) is 0 Å². The van der Waals surface area contributed by atoms with Gasteiger partial charge in [0.1, 0.15) is 23.4 Å². The monoisotopic (exact) mass is 430 g/mol. The number of fused-ring (bicyclic) bond motifs is 1. The molecule has 0 saturated heterocycles. The number of ether oxygens (including phenoxy) is 2. The number of terminal acetylenes is 1. The summed E-state index contributed by atoms with van der Waals surface area (Å²) in [6.45, 7) is 9.25. The second kappa shape index (κ2) is 13.1. The molecule has 7 nitrogen and oxygen atoms in total. The summed E-state index contributed by atoms with van der Waals surface area (Å²) in [5.74, 6) is 0.841. The Kier molecular flexibility index (Phi) is 10.9. The van der Waals surface area contributed by atoms with Crippen LogP contribution in [0.1, 0.15) is 39.2 Å². The maximum atomic E-state index is 14.7. The lowest BCUT2D eigenvalue weighted by Gasteiger charge is -2.08. The van der Waals surface area contributed by atoms with Crippen LogP contribution in [0.25, 0.3) is 5.52 Å². The lowest BCUT2D eigenvalue weighted by Crippen LogP contribution is -2.11. The first-order chi connectivity index (χ1) is 15.0. The molecule has 0 spiro atoms. The zero-order valence-corrected chi connectivity index (χ0v) is 18.8. The van der Waals surface area contributed by atoms with Gasteiger partial charge in [0.15, 0.2) is 5.76 Å². The van der Waals surface area contributed by atoms with E-state index in [0.717, 1.165) is 42.7 Å². The van der Waals surface area contributed by atoms with E-state index in [9.17, 15) is 4.39 Å². The molecule has 0 fully saturated rings. The highest BCUT2D eigenvalue weighted by atomic mass is 19.1. The number of aryl methyl sites for hydroxylation is 1. The summed E-state index contributed by atoms with van der Waals surface area (Å²) >= 11 is 0. The van der Waals surface area contributed by atoms with Gasteiger partial charge >= 0.3 is 0 Å². The fourth-order valence-corrected chi connectivity index (χ4v) is 2.94. The maximum Gasteiger partial charge on any atom is 0.247 e. The van der Waals surface area contributed by atoms with Crippen molar-refractivity contribution in [3.05, 3.63) is 53.1 Å². The van der Waals surface area contributed by atoms with Crippen LogP contribution in [0, 0.1) is 19.8 Å². The standard InChI is InChI=1S/C20H25FN4O2.C2H2.CH4O/c1-5-9-26-18-11-25-19(14(18)4)20(23-12-24-25)27-17-8-7-16(22-6-2)13(3)10-15(17)21;2*1-2/h7-8,11-12,22H,5-6,9-10H2,1-4H3;1-2H;2H,1H3. The fourth-order valence-electron chi connectivity index (χ4n) is 2.94. The summed E-state index contributed by atoms with van der Waals surface area (Å²) in [6, 6.07) is 0. The number of aliphatic hydroxyl groups is 1. The molecule has 0 saturated carbocycles. The quantitative estimate of drug-likeness (QED) is 0.644. The summed E-state index contributed by atoms with van der Waals surface area (Å²) in [6.07, 6.45) is 15.7. The van der Waals surface area contributed by atoms with E-state index in [0.29, 0.717) is 18.0 Å². The number of hydrogen-bond acceptors (Lipinski definition) is 6. The molecule has 0 atom stereocenters. The Morgan fingerprint density at radius 3 is 2.58 bits per heavy atom. The van der Waals surface area contributed by atoms with Gasteiger partial charge in [-0.25, -0.2) is 8.91 Å². The van der Waals surface area contributed by atoms with Gasteiger partial charge in [-0.15, -0.1) is 12.8 Å². The second-order valence-corrected chi connectivity index (χ2v) is 6.43. The van der Waals surface area contributed by atoms with Crippen LogP contribution in [0.5, 0.6) is 11.6 Å². The first-order valence-electron chi connectivity index (χ1n) is 9.97. The van der Waals surface area contributed by atoms with Crippen LogP contribution >= 0.6 is 0 Å². The van der Waals surface area contributed by atoms with Crippen molar-refractivity contribution in [2.45, 2.75) is 40.5 Å². The Labute approximate surface area is 183 Å². The molecule has 2 aromatic heterocycles. The molecule has 0 radical (unpaired) electrons. The Morgan fingerprint density at radius 2 is 1.94 bits per heavy atom. The van der Waals surface area contributed by atoms with Gasteiger partial charge in [-0.05, 0) is 44.9 Å². The first-order valence-corrected chi connectivity index (χ1v) is 9.97. The van der Waals surface area contributed by atoms with Gasteiger partial charge in [0.25, 0.3) is 0 Å². The smallest absolute Gasteiger partial charge is 0.247 e. The average molecular weight is 431 g/mol. The third-order valence-electron chi connectivity index (χ3n) is 4.33. The van der Waals surface area contributed by atoms with E-state index < -0.39 is 0 Å². The number of rotatable bonds is 7. The SMILES string of the molecule is C#C.CCCOc1cn2ncnc(OC3=C(F)CC(C)=C(NCC)C=C3)c2c1C.CO. The molecule has 2 aromatic rings. The number of aromatic nitrogens is 3. The van der Waals surface area contributed by atoms with E-state index in [2.05, 4.69) is 28.2 Å². The predicted octanol–water partition coefficient (Wildman–Crippen LogP) is 4.09. The molecule has 2 N–H and O–H groups in total. The molecule has 1 aliphatic carbocycles. The van der Waals surface area contributed by atoms with Crippen molar-refractivity contribution in [2.24, 2.45) is 0 Å². The molecule has 31 heavy (non-hydrogen) atoms. The summed E-state index contributed by atoms with van der Waals surface area (Å²) in [7, 11) is 1.00. The van der Waals surface area contributed by atoms with Crippen LogP contribution < -0.4 is 14.8 Å². The highest BCUT2D eigenvalue weighted by Gasteiger charge is 2.19. The van der Waals surface area contributed by atoms with Gasteiger partial charge < -0.3 is 19.9 Å². The van der Waals surface area contributed by atoms with Crippen molar-refractivity contribution in [1.82, 2.24) is 19.9 Å². The van der Waals surface area contributed by atoms with Crippen LogP contribution in [0.15, 0.2) is 47.5 Å². The molecule has 0 bridgehead atoms. The van der Waals surface area contributed by atoms with Crippen molar-refractivity contribution >= 4 is 5.52 Å². The van der Waals surface area contributed by atoms with E-state index in [4.69, 9.17) is 14.6 Å². The van der Waals surface area contributed by atoms with Crippen molar-refractivity contribution in [3.63, 3.8) is 0 Å². The summed E-state index contributed by atoms with van der Waals surface area (Å²) in [4.78, 5) is 4.22. The van der Waals surface area contributed by atoms with Gasteiger partial charge in [0.2, 0.25) is 5.88 Å². The Hall–Kier alpha value is -3.31. The third-order valence-corrected chi connectivity index (χ3v) is 4.33. The molecule has 0 unspecified atom stereocenters. The Balaban J connectivity index is 0.00000113. The molecule has 8 heteroatoms. The zero-order valence-electron chi connectivity index (χ0n) is 18.8. The zero-order chi connectivity index (χ0) is 23.4. The minimum Gasteiger partial charge on any atom is -0.492 e. The van der Waals surface area contributed by atoms with E-state index in [1.54, 1.807) is 16.8 Å². The lowest BCUT2D eigenvalue weighted by atomic mass is 10.1. The number of nitrogens with one attached hydrogen (secondary N) is 1. The molecule has 0 aliphatic heterocycles. The molecule has 168 valence electrons. The lowest BCUT2D eigenvalue weighted by molar-refractivity contribution is 0.315. The van der Waals surface area contributed by atoms with Crippen LogP contribution in [-0.2, 0) is 0 Å². The normalized spacial score (nSPS) is 13.1. The Morgan fingerprint density at radius 1 is 1.23 bits per heavy atom. The van der Waals surface area contributed by atoms with Crippen LogP contribution in [0.3, 0.4) is 0 Å². The van der Waals surface area contributed by atoms with Gasteiger partial charge in [-0.2, -0.15) is 10.1 Å². The van der Waals surface area contributed by atoms with Gasteiger partial charge in [-0.1, -0.05) is 6.92 Å². The van der Waals surface area contributed by atoms with Crippen LogP contribution in [0.2, 0.25) is 0 Å². The summed E-state index contributed by atoms with van der Waals surface area (Å²) in [5.41, 5.74) is 3.36. The molecule has 0 amide bonds. The van der Waals surface area contributed by atoms with E-state index in [1.165, 1.54) is 6.33 Å².